The van der Waals surface area contributed by atoms with Gasteiger partial charge in [0.15, 0.2) is 5.13 Å². The SMILES string of the molecule is O=C(Nc1nc(C(=O)N2CCN(c3cccc(C(F)(F)F)c3)CC2)cs1)c1ccc(Cl)cc1. The quantitative estimate of drug-likeness (QED) is 0.552. The van der Waals surface area contributed by atoms with Crippen molar-refractivity contribution in [2.45, 2.75) is 6.18 Å². The molecular formula is C22H18ClF3N4O2S. The van der Waals surface area contributed by atoms with Gasteiger partial charge in [0.1, 0.15) is 5.69 Å². The van der Waals surface area contributed by atoms with Crippen molar-refractivity contribution in [3.05, 3.63) is 75.8 Å². The van der Waals surface area contributed by atoms with Crippen LogP contribution in [-0.2, 0) is 6.18 Å². The summed E-state index contributed by atoms with van der Waals surface area (Å²) in [6, 6.07) is 11.5. The van der Waals surface area contributed by atoms with E-state index in [0.717, 1.165) is 23.5 Å². The molecule has 0 atom stereocenters. The lowest BCUT2D eigenvalue weighted by molar-refractivity contribution is -0.137. The van der Waals surface area contributed by atoms with E-state index >= 15 is 0 Å². The number of nitrogens with zero attached hydrogens (tertiary/aromatic N) is 3. The predicted molar refractivity (Wildman–Crippen MR) is 121 cm³/mol. The monoisotopic (exact) mass is 494 g/mol. The third-order valence-corrected chi connectivity index (χ3v) is 6.17. The maximum absolute atomic E-state index is 13.0. The fraction of sp³-hybridized carbons (Fsp3) is 0.227. The molecule has 1 fully saturated rings. The van der Waals surface area contributed by atoms with Gasteiger partial charge in [-0.05, 0) is 42.5 Å². The number of hydrogen-bond donors (Lipinski definition) is 1. The minimum absolute atomic E-state index is 0.207. The van der Waals surface area contributed by atoms with Crippen molar-refractivity contribution < 1.29 is 22.8 Å². The lowest BCUT2D eigenvalue weighted by Crippen LogP contribution is -2.48. The Hall–Kier alpha value is -3.11. The number of rotatable bonds is 4. The summed E-state index contributed by atoms with van der Waals surface area (Å²) in [6.45, 7) is 1.49. The van der Waals surface area contributed by atoms with Crippen molar-refractivity contribution in [2.24, 2.45) is 0 Å². The summed E-state index contributed by atoms with van der Waals surface area (Å²) in [5, 5.41) is 5.03. The normalized spacial score (nSPS) is 14.3. The molecule has 1 aliphatic rings. The number of nitrogens with one attached hydrogen (secondary N) is 1. The number of hydrogen-bond acceptors (Lipinski definition) is 5. The van der Waals surface area contributed by atoms with Gasteiger partial charge in [0, 0.05) is 47.8 Å². The van der Waals surface area contributed by atoms with Crippen molar-refractivity contribution in [1.29, 1.82) is 0 Å². The molecule has 3 aromatic rings. The highest BCUT2D eigenvalue weighted by Crippen LogP contribution is 2.32. The van der Waals surface area contributed by atoms with Gasteiger partial charge in [0.05, 0.1) is 5.56 Å². The van der Waals surface area contributed by atoms with Gasteiger partial charge < -0.3 is 9.80 Å². The van der Waals surface area contributed by atoms with Gasteiger partial charge in [-0.3, -0.25) is 14.9 Å². The average molecular weight is 495 g/mol. The van der Waals surface area contributed by atoms with Crippen LogP contribution in [0.2, 0.25) is 5.02 Å². The molecule has 2 amide bonds. The van der Waals surface area contributed by atoms with Gasteiger partial charge in [0.25, 0.3) is 11.8 Å². The number of benzene rings is 2. The molecule has 1 N–H and O–H groups in total. The Kier molecular flexibility index (Phi) is 6.57. The number of alkyl halides is 3. The first-order valence-electron chi connectivity index (χ1n) is 9.94. The van der Waals surface area contributed by atoms with Crippen molar-refractivity contribution in [1.82, 2.24) is 9.88 Å². The Morgan fingerprint density at radius 1 is 1.03 bits per heavy atom. The van der Waals surface area contributed by atoms with Crippen molar-refractivity contribution >= 4 is 45.6 Å². The van der Waals surface area contributed by atoms with Crippen LogP contribution in [0.5, 0.6) is 0 Å². The highest BCUT2D eigenvalue weighted by atomic mass is 35.5. The van der Waals surface area contributed by atoms with Crippen LogP contribution in [0.1, 0.15) is 26.4 Å². The van der Waals surface area contributed by atoms with Crippen LogP contribution in [0.4, 0.5) is 24.0 Å². The van der Waals surface area contributed by atoms with E-state index in [0.29, 0.717) is 47.6 Å². The largest absolute Gasteiger partial charge is 0.416 e. The molecule has 0 saturated carbocycles. The zero-order chi connectivity index (χ0) is 23.6. The first-order valence-corrected chi connectivity index (χ1v) is 11.2. The van der Waals surface area contributed by atoms with E-state index in [1.54, 1.807) is 40.6 Å². The Bertz CT molecular complexity index is 1160. The molecule has 0 radical (unpaired) electrons. The van der Waals surface area contributed by atoms with Crippen LogP contribution in [-0.4, -0.2) is 47.9 Å². The van der Waals surface area contributed by atoms with Gasteiger partial charge >= 0.3 is 6.18 Å². The number of carbonyl (C=O) groups excluding carboxylic acids is 2. The summed E-state index contributed by atoms with van der Waals surface area (Å²) < 4.78 is 38.9. The summed E-state index contributed by atoms with van der Waals surface area (Å²) in [6.07, 6.45) is -4.40. The maximum atomic E-state index is 13.0. The number of aromatic nitrogens is 1. The summed E-state index contributed by atoms with van der Waals surface area (Å²) in [4.78, 5) is 32.7. The second kappa shape index (κ2) is 9.40. The fourth-order valence-corrected chi connectivity index (χ4v) is 4.21. The first kappa shape index (κ1) is 23.1. The predicted octanol–water partition coefficient (Wildman–Crippen LogP) is 5.03. The number of thiazole rings is 1. The zero-order valence-corrected chi connectivity index (χ0v) is 18.7. The number of halogens is 4. The lowest BCUT2D eigenvalue weighted by Gasteiger charge is -2.36. The van der Waals surface area contributed by atoms with Crippen molar-refractivity contribution in [2.75, 3.05) is 36.4 Å². The summed E-state index contributed by atoms with van der Waals surface area (Å²) in [5.74, 6) is -0.656. The maximum Gasteiger partial charge on any atom is 0.416 e. The Morgan fingerprint density at radius 2 is 1.73 bits per heavy atom. The van der Waals surface area contributed by atoms with Crippen molar-refractivity contribution in [3.8, 4) is 0 Å². The smallest absolute Gasteiger partial charge is 0.368 e. The zero-order valence-electron chi connectivity index (χ0n) is 17.1. The minimum Gasteiger partial charge on any atom is -0.368 e. The standard InChI is InChI=1S/C22H18ClF3N4O2S/c23-16-6-4-14(5-7-16)19(31)28-21-27-18(13-33-21)20(32)30-10-8-29(9-11-30)17-3-1-2-15(12-17)22(24,25)26/h1-7,12-13H,8-11H2,(H,27,28,31). The molecule has 1 saturated heterocycles. The molecule has 1 aliphatic heterocycles. The summed E-state index contributed by atoms with van der Waals surface area (Å²) >= 11 is 6.96. The van der Waals surface area contributed by atoms with Gasteiger partial charge in [-0.2, -0.15) is 13.2 Å². The average Bonchev–Trinajstić information content (AvgIpc) is 3.27. The van der Waals surface area contributed by atoms with E-state index in [1.807, 2.05) is 4.90 Å². The van der Waals surface area contributed by atoms with E-state index in [1.165, 1.54) is 6.07 Å². The highest BCUT2D eigenvalue weighted by molar-refractivity contribution is 7.14. The van der Waals surface area contributed by atoms with E-state index in [2.05, 4.69) is 10.3 Å². The summed E-state index contributed by atoms with van der Waals surface area (Å²) in [7, 11) is 0. The highest BCUT2D eigenvalue weighted by Gasteiger charge is 2.31. The van der Waals surface area contributed by atoms with Crippen LogP contribution in [0, 0.1) is 0 Å². The second-order valence-corrected chi connectivity index (χ2v) is 8.62. The fourth-order valence-electron chi connectivity index (χ4n) is 3.41. The van der Waals surface area contributed by atoms with Gasteiger partial charge in [-0.1, -0.05) is 17.7 Å². The molecular weight excluding hydrogens is 477 g/mol. The van der Waals surface area contributed by atoms with Crippen molar-refractivity contribution in [3.63, 3.8) is 0 Å². The van der Waals surface area contributed by atoms with Gasteiger partial charge in [-0.25, -0.2) is 4.98 Å². The van der Waals surface area contributed by atoms with E-state index in [9.17, 15) is 22.8 Å². The second-order valence-electron chi connectivity index (χ2n) is 7.33. The molecule has 172 valence electrons. The molecule has 0 aliphatic carbocycles. The molecule has 0 unspecified atom stereocenters. The third-order valence-electron chi connectivity index (χ3n) is 5.16. The molecule has 0 bridgehead atoms. The molecule has 4 rings (SSSR count). The number of piperazine rings is 1. The Labute approximate surface area is 196 Å². The summed E-state index contributed by atoms with van der Waals surface area (Å²) in [5.41, 5.74) is 0.388. The lowest BCUT2D eigenvalue weighted by atomic mass is 10.1. The molecule has 33 heavy (non-hydrogen) atoms. The topological polar surface area (TPSA) is 65.5 Å². The number of amides is 2. The van der Waals surface area contributed by atoms with Gasteiger partial charge in [-0.15, -0.1) is 11.3 Å². The van der Waals surface area contributed by atoms with Gasteiger partial charge in [0.2, 0.25) is 0 Å². The van der Waals surface area contributed by atoms with Crippen LogP contribution in [0.15, 0.2) is 53.9 Å². The number of carbonyl (C=O) groups is 2. The Morgan fingerprint density at radius 3 is 2.39 bits per heavy atom. The molecule has 0 spiro atoms. The van der Waals surface area contributed by atoms with E-state index in [4.69, 9.17) is 11.6 Å². The van der Waals surface area contributed by atoms with Crippen LogP contribution >= 0.6 is 22.9 Å². The molecule has 1 aromatic heterocycles. The third kappa shape index (κ3) is 5.45. The Balaban J connectivity index is 1.35. The molecule has 11 heteroatoms. The van der Waals surface area contributed by atoms with E-state index < -0.39 is 11.7 Å². The molecule has 2 aromatic carbocycles. The van der Waals surface area contributed by atoms with Crippen LogP contribution in [0.3, 0.4) is 0 Å². The first-order chi connectivity index (χ1) is 15.7. The molecule has 6 nitrogen and oxygen atoms in total. The van der Waals surface area contributed by atoms with Crippen LogP contribution in [0.25, 0.3) is 0 Å². The minimum atomic E-state index is -4.40. The number of anilines is 2. The van der Waals surface area contributed by atoms with E-state index in [-0.39, 0.29) is 17.5 Å². The van der Waals surface area contributed by atoms with Crippen LogP contribution < -0.4 is 10.2 Å². The molecule has 2 heterocycles.